The first-order valence-corrected chi connectivity index (χ1v) is 11.5. The Morgan fingerprint density at radius 2 is 1.63 bits per heavy atom. The van der Waals surface area contributed by atoms with E-state index in [1.54, 1.807) is 42.6 Å². The van der Waals surface area contributed by atoms with E-state index in [2.05, 4.69) is 10.6 Å². The molecule has 3 rings (SSSR count). The number of para-hydroxylation sites is 1. The summed E-state index contributed by atoms with van der Waals surface area (Å²) < 4.78 is 27.4. The Morgan fingerprint density at radius 1 is 0.967 bits per heavy atom. The fraction of sp³-hybridized carbons (Fsp3) is 0.143. The number of anilines is 2. The number of hydrogen-bond donors (Lipinski definition) is 2. The van der Waals surface area contributed by atoms with Gasteiger partial charge in [-0.1, -0.05) is 18.2 Å². The van der Waals surface area contributed by atoms with Crippen molar-refractivity contribution in [2.45, 2.75) is 11.8 Å². The Kier molecular flexibility index (Phi) is 6.53. The van der Waals surface area contributed by atoms with E-state index in [4.69, 9.17) is 0 Å². The largest absolute Gasteiger partial charge is 0.355 e. The number of nitrogens with zero attached hydrogens (tertiary/aromatic N) is 1. The highest BCUT2D eigenvalue weighted by Gasteiger charge is 2.24. The molecule has 3 aromatic rings. The molecule has 156 valence electrons. The quantitative estimate of drug-likeness (QED) is 0.583. The van der Waals surface area contributed by atoms with Crippen LogP contribution in [0.25, 0.3) is 0 Å². The summed E-state index contributed by atoms with van der Waals surface area (Å²) in [4.78, 5) is 24.5. The van der Waals surface area contributed by atoms with Crippen LogP contribution in [0, 0.1) is 0 Å². The summed E-state index contributed by atoms with van der Waals surface area (Å²) in [6.07, 6.45) is 0. The molecule has 0 aliphatic heterocycles. The maximum Gasteiger partial charge on any atom is 0.264 e. The number of carbonyl (C=O) groups is 2. The van der Waals surface area contributed by atoms with Crippen molar-refractivity contribution in [1.29, 1.82) is 0 Å². The fourth-order valence-electron chi connectivity index (χ4n) is 2.89. The van der Waals surface area contributed by atoms with Gasteiger partial charge in [-0.25, -0.2) is 8.42 Å². The second-order valence-corrected chi connectivity index (χ2v) is 9.00. The molecule has 0 bridgehead atoms. The average Bonchev–Trinajstić information content (AvgIpc) is 3.22. The van der Waals surface area contributed by atoms with Gasteiger partial charge in [0, 0.05) is 19.2 Å². The molecule has 9 heteroatoms. The molecule has 1 heterocycles. The summed E-state index contributed by atoms with van der Waals surface area (Å²) in [7, 11) is -2.25. The molecule has 2 N–H and O–H groups in total. The molecule has 0 aliphatic rings. The van der Waals surface area contributed by atoms with Gasteiger partial charge in [0.25, 0.3) is 21.8 Å². The molecule has 0 saturated carbocycles. The number of rotatable bonds is 7. The van der Waals surface area contributed by atoms with Crippen LogP contribution in [0.2, 0.25) is 0 Å². The maximum absolute atomic E-state index is 13.0. The van der Waals surface area contributed by atoms with Crippen LogP contribution in [0.15, 0.2) is 70.9 Å². The van der Waals surface area contributed by atoms with Gasteiger partial charge in [-0.15, -0.1) is 11.3 Å². The Morgan fingerprint density at radius 3 is 2.23 bits per heavy atom. The number of amides is 2. The summed E-state index contributed by atoms with van der Waals surface area (Å²) in [5.74, 6) is -0.726. The summed E-state index contributed by atoms with van der Waals surface area (Å²) in [5.41, 5.74) is 1.23. The first-order chi connectivity index (χ1) is 14.4. The van der Waals surface area contributed by atoms with E-state index < -0.39 is 15.9 Å². The highest BCUT2D eigenvalue weighted by molar-refractivity contribution is 7.92. The molecule has 30 heavy (non-hydrogen) atoms. The van der Waals surface area contributed by atoms with Gasteiger partial charge < -0.3 is 10.6 Å². The zero-order chi connectivity index (χ0) is 21.7. The van der Waals surface area contributed by atoms with Gasteiger partial charge in [0.15, 0.2) is 0 Å². The van der Waals surface area contributed by atoms with Crippen LogP contribution < -0.4 is 14.9 Å². The molecule has 7 nitrogen and oxygen atoms in total. The van der Waals surface area contributed by atoms with Crippen LogP contribution in [0.4, 0.5) is 10.7 Å². The number of thiophene rings is 1. The minimum atomic E-state index is -3.77. The number of benzene rings is 2. The number of carbonyl (C=O) groups excluding carboxylic acids is 2. The van der Waals surface area contributed by atoms with Crippen molar-refractivity contribution >= 4 is 43.9 Å². The van der Waals surface area contributed by atoms with Gasteiger partial charge in [-0.3, -0.25) is 13.9 Å². The topological polar surface area (TPSA) is 95.6 Å². The molecule has 2 amide bonds. The second-order valence-electron chi connectivity index (χ2n) is 6.23. The van der Waals surface area contributed by atoms with Crippen molar-refractivity contribution in [3.8, 4) is 0 Å². The van der Waals surface area contributed by atoms with Crippen LogP contribution in [0.3, 0.4) is 0 Å². The zero-order valence-electron chi connectivity index (χ0n) is 16.5. The van der Waals surface area contributed by atoms with Gasteiger partial charge in [-0.05, 0) is 54.8 Å². The van der Waals surface area contributed by atoms with Gasteiger partial charge in [0.1, 0.15) is 5.00 Å². The molecule has 0 saturated heterocycles. The van der Waals surface area contributed by atoms with Crippen LogP contribution >= 0.6 is 11.3 Å². The minimum Gasteiger partial charge on any atom is -0.355 e. The first-order valence-electron chi connectivity index (χ1n) is 9.17. The summed E-state index contributed by atoms with van der Waals surface area (Å²) in [6, 6.07) is 16.2. The maximum atomic E-state index is 13.0. The first kappa shape index (κ1) is 21.5. The minimum absolute atomic E-state index is 0.0897. The van der Waals surface area contributed by atoms with Crippen molar-refractivity contribution in [2.24, 2.45) is 0 Å². The van der Waals surface area contributed by atoms with Crippen molar-refractivity contribution in [3.63, 3.8) is 0 Å². The van der Waals surface area contributed by atoms with Crippen LogP contribution in [0.1, 0.15) is 27.6 Å². The van der Waals surface area contributed by atoms with Gasteiger partial charge in [0.05, 0.1) is 16.1 Å². The summed E-state index contributed by atoms with van der Waals surface area (Å²) >= 11 is 1.23. The average molecular weight is 444 g/mol. The lowest BCUT2D eigenvalue weighted by Crippen LogP contribution is -2.30. The third-order valence-electron chi connectivity index (χ3n) is 4.40. The molecule has 2 aromatic carbocycles. The van der Waals surface area contributed by atoms with Crippen LogP contribution in [-0.4, -0.2) is 33.8 Å². The van der Waals surface area contributed by atoms with Gasteiger partial charge in [-0.2, -0.15) is 0 Å². The molecule has 0 radical (unpaired) electrons. The van der Waals surface area contributed by atoms with Crippen molar-refractivity contribution in [2.75, 3.05) is 23.2 Å². The second kappa shape index (κ2) is 9.10. The Labute approximate surface area is 179 Å². The highest BCUT2D eigenvalue weighted by atomic mass is 32.2. The van der Waals surface area contributed by atoms with Crippen LogP contribution in [-0.2, 0) is 10.0 Å². The van der Waals surface area contributed by atoms with Crippen molar-refractivity contribution in [1.82, 2.24) is 5.32 Å². The predicted molar refractivity (Wildman–Crippen MR) is 119 cm³/mol. The lowest BCUT2D eigenvalue weighted by molar-refractivity contribution is 0.0964. The molecule has 1 aromatic heterocycles. The van der Waals surface area contributed by atoms with E-state index in [1.807, 2.05) is 6.07 Å². The Hall–Kier alpha value is -3.17. The third-order valence-corrected chi connectivity index (χ3v) is 7.15. The number of sulfonamides is 1. The lowest BCUT2D eigenvalue weighted by atomic mass is 10.2. The molecular weight excluding hydrogens is 422 g/mol. The number of hydrogen-bond acceptors (Lipinski definition) is 5. The fourth-order valence-corrected chi connectivity index (χ4v) is 5.14. The lowest BCUT2D eigenvalue weighted by Gasteiger charge is -2.23. The number of nitrogens with one attached hydrogen (secondary N) is 2. The Balaban J connectivity index is 1.81. The van der Waals surface area contributed by atoms with E-state index in [0.717, 1.165) is 0 Å². The predicted octanol–water partition coefficient (Wildman–Crippen LogP) is 3.58. The van der Waals surface area contributed by atoms with Crippen LogP contribution in [0.5, 0.6) is 0 Å². The monoisotopic (exact) mass is 443 g/mol. The van der Waals surface area contributed by atoms with Gasteiger partial charge in [0.2, 0.25) is 0 Å². The standard InChI is InChI=1S/C21H21N3O4S2/c1-3-24(16-7-5-4-6-8-16)30(27,28)17-11-9-15(10-12-17)19(25)23-21-18(13-14-29-21)20(26)22-2/h4-14H,3H2,1-2H3,(H,22,26)(H,23,25). The van der Waals surface area contributed by atoms with E-state index >= 15 is 0 Å². The molecular formula is C21H21N3O4S2. The SMILES string of the molecule is CCN(c1ccccc1)S(=O)(=O)c1ccc(C(=O)Nc2sccc2C(=O)NC)cc1. The van der Waals surface area contributed by atoms with E-state index in [-0.39, 0.29) is 22.9 Å². The summed E-state index contributed by atoms with van der Waals surface area (Å²) in [6.45, 7) is 2.03. The highest BCUT2D eigenvalue weighted by Crippen LogP contribution is 2.25. The van der Waals surface area contributed by atoms with Gasteiger partial charge >= 0.3 is 0 Å². The molecule has 0 unspecified atom stereocenters. The third kappa shape index (κ3) is 4.37. The molecule has 0 aliphatic carbocycles. The zero-order valence-corrected chi connectivity index (χ0v) is 18.1. The van der Waals surface area contributed by atoms with Crippen molar-refractivity contribution in [3.05, 3.63) is 77.2 Å². The van der Waals surface area contributed by atoms with Crippen molar-refractivity contribution < 1.29 is 18.0 Å². The molecule has 0 fully saturated rings. The van der Waals surface area contributed by atoms with E-state index in [0.29, 0.717) is 16.3 Å². The van der Waals surface area contributed by atoms with E-state index in [9.17, 15) is 18.0 Å². The summed E-state index contributed by atoms with van der Waals surface area (Å²) in [5, 5.41) is 7.35. The molecule has 0 atom stereocenters. The van der Waals surface area contributed by atoms with E-state index in [1.165, 1.54) is 47.0 Å². The molecule has 0 spiro atoms. The smallest absolute Gasteiger partial charge is 0.264 e. The Bertz CT molecular complexity index is 1140. The normalized spacial score (nSPS) is 11.0.